The van der Waals surface area contributed by atoms with Crippen LogP contribution in [0.3, 0.4) is 0 Å². The van der Waals surface area contributed by atoms with Gasteiger partial charge in [-0.1, -0.05) is 30.2 Å². The van der Waals surface area contributed by atoms with Gasteiger partial charge in [0, 0.05) is 17.5 Å². The maximum absolute atomic E-state index is 6.08. The summed E-state index contributed by atoms with van der Waals surface area (Å²) in [6, 6.07) is 6.88. The average molecular weight is 269 g/mol. The molecule has 0 radical (unpaired) electrons. The Morgan fingerprint density at radius 3 is 2.85 bits per heavy atom. The van der Waals surface area contributed by atoms with Crippen LogP contribution in [0.25, 0.3) is 11.3 Å². The summed E-state index contributed by atoms with van der Waals surface area (Å²) in [5.41, 5.74) is 11.0. The molecule has 1 aromatic carbocycles. The van der Waals surface area contributed by atoms with Gasteiger partial charge < -0.3 is 10.7 Å². The molecule has 1 fully saturated rings. The molecule has 1 heterocycles. The zero-order chi connectivity index (χ0) is 14.1. The number of nitrogens with zero attached hydrogens (tertiary/aromatic N) is 1. The number of aryl methyl sites for hydroxylation is 2. The number of H-pyrrole nitrogens is 1. The van der Waals surface area contributed by atoms with Gasteiger partial charge in [0.2, 0.25) is 0 Å². The number of rotatable bonds is 2. The molecule has 3 heteroatoms. The van der Waals surface area contributed by atoms with Crippen LogP contribution in [-0.2, 0) is 0 Å². The van der Waals surface area contributed by atoms with Gasteiger partial charge in [0.05, 0.1) is 11.9 Å². The Balaban J connectivity index is 1.86. The van der Waals surface area contributed by atoms with Crippen molar-refractivity contribution in [2.24, 2.45) is 5.73 Å². The maximum atomic E-state index is 6.08. The number of nitrogens with one attached hydrogen (secondary N) is 1. The number of aromatic nitrogens is 2. The van der Waals surface area contributed by atoms with Crippen molar-refractivity contribution >= 4 is 0 Å². The van der Waals surface area contributed by atoms with Gasteiger partial charge in [-0.3, -0.25) is 0 Å². The summed E-state index contributed by atoms with van der Waals surface area (Å²) < 4.78 is 0. The molecule has 0 spiro atoms. The van der Waals surface area contributed by atoms with Gasteiger partial charge >= 0.3 is 0 Å². The minimum atomic E-state index is 0.336. The second-order valence-corrected chi connectivity index (χ2v) is 6.12. The summed E-state index contributed by atoms with van der Waals surface area (Å²) in [7, 11) is 0. The van der Waals surface area contributed by atoms with Gasteiger partial charge in [0.15, 0.2) is 0 Å². The second kappa shape index (κ2) is 5.41. The van der Waals surface area contributed by atoms with Crippen LogP contribution in [0.1, 0.15) is 48.6 Å². The lowest BCUT2D eigenvalue weighted by atomic mass is 9.86. The number of hydrogen-bond donors (Lipinski definition) is 2. The largest absolute Gasteiger partial charge is 0.342 e. The van der Waals surface area contributed by atoms with Gasteiger partial charge in [-0.15, -0.1) is 0 Å². The Morgan fingerprint density at radius 1 is 1.25 bits per heavy atom. The minimum Gasteiger partial charge on any atom is -0.342 e. The molecule has 3 N–H and O–H groups in total. The summed E-state index contributed by atoms with van der Waals surface area (Å²) in [6.45, 7) is 4.28. The van der Waals surface area contributed by atoms with E-state index in [0.29, 0.717) is 12.0 Å². The molecular formula is C17H23N3. The first kappa shape index (κ1) is 13.4. The van der Waals surface area contributed by atoms with Crippen molar-refractivity contribution < 1.29 is 0 Å². The highest BCUT2D eigenvalue weighted by atomic mass is 14.9. The standard InChI is InChI=1S/C17H23N3/c1-11-6-7-15(12(2)8-11)16-10-19-17(20-16)13-4-3-5-14(18)9-13/h6-8,10,13-14H,3-5,9,18H2,1-2H3,(H,19,20). The minimum absolute atomic E-state index is 0.336. The van der Waals surface area contributed by atoms with Gasteiger partial charge in [-0.2, -0.15) is 0 Å². The third-order valence-electron chi connectivity index (χ3n) is 4.37. The van der Waals surface area contributed by atoms with Crippen molar-refractivity contribution in [2.45, 2.75) is 51.5 Å². The molecule has 0 amide bonds. The smallest absolute Gasteiger partial charge is 0.109 e. The van der Waals surface area contributed by atoms with Crippen LogP contribution < -0.4 is 5.73 Å². The first-order valence-electron chi connectivity index (χ1n) is 7.51. The van der Waals surface area contributed by atoms with E-state index in [1.54, 1.807) is 0 Å². The van der Waals surface area contributed by atoms with Crippen molar-refractivity contribution in [3.63, 3.8) is 0 Å². The number of imidazole rings is 1. The van der Waals surface area contributed by atoms with E-state index in [4.69, 9.17) is 5.73 Å². The van der Waals surface area contributed by atoms with E-state index in [9.17, 15) is 0 Å². The molecule has 1 aromatic heterocycles. The van der Waals surface area contributed by atoms with E-state index < -0.39 is 0 Å². The van der Waals surface area contributed by atoms with Gasteiger partial charge in [-0.05, 0) is 38.7 Å². The van der Waals surface area contributed by atoms with E-state index in [1.165, 1.54) is 29.5 Å². The number of aromatic amines is 1. The van der Waals surface area contributed by atoms with Crippen LogP contribution in [-0.4, -0.2) is 16.0 Å². The normalized spacial score (nSPS) is 22.9. The molecular weight excluding hydrogens is 246 g/mol. The molecule has 0 saturated heterocycles. The zero-order valence-electron chi connectivity index (χ0n) is 12.3. The van der Waals surface area contributed by atoms with Crippen LogP contribution in [0.2, 0.25) is 0 Å². The lowest BCUT2D eigenvalue weighted by molar-refractivity contribution is 0.383. The monoisotopic (exact) mass is 269 g/mol. The highest BCUT2D eigenvalue weighted by Gasteiger charge is 2.23. The topological polar surface area (TPSA) is 54.7 Å². The second-order valence-electron chi connectivity index (χ2n) is 6.12. The summed E-state index contributed by atoms with van der Waals surface area (Å²) in [5.74, 6) is 1.60. The summed E-state index contributed by atoms with van der Waals surface area (Å²) in [4.78, 5) is 8.12. The Kier molecular flexibility index (Phi) is 3.62. The van der Waals surface area contributed by atoms with Crippen LogP contribution >= 0.6 is 0 Å². The predicted molar refractivity (Wildman–Crippen MR) is 82.7 cm³/mol. The molecule has 0 aliphatic heterocycles. The molecule has 106 valence electrons. The van der Waals surface area contributed by atoms with Crippen molar-refractivity contribution in [3.8, 4) is 11.3 Å². The lowest BCUT2D eigenvalue weighted by Crippen LogP contribution is -2.27. The van der Waals surface area contributed by atoms with Crippen LogP contribution in [0, 0.1) is 13.8 Å². The van der Waals surface area contributed by atoms with Crippen LogP contribution in [0.15, 0.2) is 24.4 Å². The molecule has 20 heavy (non-hydrogen) atoms. The highest BCUT2D eigenvalue weighted by Crippen LogP contribution is 2.32. The average Bonchev–Trinajstić information content (AvgIpc) is 2.88. The molecule has 1 aliphatic rings. The fourth-order valence-corrected chi connectivity index (χ4v) is 3.27. The van der Waals surface area contributed by atoms with E-state index in [1.807, 2.05) is 6.20 Å². The predicted octanol–water partition coefficient (Wildman–Crippen LogP) is 3.68. The number of nitrogens with two attached hydrogens (primary N) is 1. The van der Waals surface area contributed by atoms with Crippen LogP contribution in [0.5, 0.6) is 0 Å². The summed E-state index contributed by atoms with van der Waals surface area (Å²) in [5, 5.41) is 0. The van der Waals surface area contributed by atoms with Crippen molar-refractivity contribution in [1.29, 1.82) is 0 Å². The molecule has 3 rings (SSSR count). The van der Waals surface area contributed by atoms with E-state index >= 15 is 0 Å². The fourth-order valence-electron chi connectivity index (χ4n) is 3.27. The first-order valence-corrected chi connectivity index (χ1v) is 7.51. The molecule has 3 nitrogen and oxygen atoms in total. The summed E-state index contributed by atoms with van der Waals surface area (Å²) in [6.07, 6.45) is 6.59. The molecule has 0 bridgehead atoms. The number of hydrogen-bond acceptors (Lipinski definition) is 2. The van der Waals surface area contributed by atoms with Crippen molar-refractivity contribution in [2.75, 3.05) is 0 Å². The zero-order valence-corrected chi connectivity index (χ0v) is 12.3. The van der Waals surface area contributed by atoms with E-state index in [2.05, 4.69) is 42.0 Å². The van der Waals surface area contributed by atoms with Crippen molar-refractivity contribution in [3.05, 3.63) is 41.3 Å². The lowest BCUT2D eigenvalue weighted by Gasteiger charge is -2.24. The Labute approximate surface area is 120 Å². The molecule has 2 aromatic rings. The first-order chi connectivity index (χ1) is 9.63. The van der Waals surface area contributed by atoms with Gasteiger partial charge in [0.25, 0.3) is 0 Å². The Morgan fingerprint density at radius 2 is 2.10 bits per heavy atom. The molecule has 1 aliphatic carbocycles. The quantitative estimate of drug-likeness (QED) is 0.873. The molecule has 1 saturated carbocycles. The Bertz CT molecular complexity index is 600. The summed E-state index contributed by atoms with van der Waals surface area (Å²) >= 11 is 0. The third-order valence-corrected chi connectivity index (χ3v) is 4.37. The fraction of sp³-hybridized carbons (Fsp3) is 0.471. The maximum Gasteiger partial charge on any atom is 0.109 e. The van der Waals surface area contributed by atoms with E-state index in [0.717, 1.165) is 24.4 Å². The van der Waals surface area contributed by atoms with Crippen LogP contribution in [0.4, 0.5) is 0 Å². The molecule has 2 unspecified atom stereocenters. The third kappa shape index (κ3) is 2.63. The Hall–Kier alpha value is -1.61. The van der Waals surface area contributed by atoms with Crippen molar-refractivity contribution in [1.82, 2.24) is 9.97 Å². The SMILES string of the molecule is Cc1ccc(-c2cnc(C3CCCC(N)C3)[nH]2)c(C)c1. The van der Waals surface area contributed by atoms with Gasteiger partial charge in [-0.25, -0.2) is 4.98 Å². The van der Waals surface area contributed by atoms with Gasteiger partial charge in [0.1, 0.15) is 5.82 Å². The highest BCUT2D eigenvalue weighted by molar-refractivity contribution is 5.63. The molecule has 2 atom stereocenters. The van der Waals surface area contributed by atoms with E-state index in [-0.39, 0.29) is 0 Å². The number of benzene rings is 1.